The second-order valence-corrected chi connectivity index (χ2v) is 3.53. The third kappa shape index (κ3) is 1.26. The van der Waals surface area contributed by atoms with Crippen LogP contribution < -0.4 is 0 Å². The first kappa shape index (κ1) is 7.07. The van der Waals surface area contributed by atoms with Gasteiger partial charge < -0.3 is 5.11 Å². The molecule has 0 spiro atoms. The van der Waals surface area contributed by atoms with Gasteiger partial charge >= 0.3 is 0 Å². The molecular formula is C8H16O. The highest BCUT2D eigenvalue weighted by Crippen LogP contribution is 2.46. The standard InChI is InChI=1S/C8H16O/c1-4-8(3,9)7-5-6(7)2/h6-7,9H,4-5H2,1-3H3. The molecule has 0 aliphatic heterocycles. The van der Waals surface area contributed by atoms with Crippen molar-refractivity contribution in [3.63, 3.8) is 0 Å². The molecule has 0 radical (unpaired) electrons. The quantitative estimate of drug-likeness (QED) is 0.601. The molecule has 3 atom stereocenters. The molecule has 0 heterocycles. The Bertz CT molecular complexity index is 107. The van der Waals surface area contributed by atoms with E-state index in [9.17, 15) is 5.11 Å². The van der Waals surface area contributed by atoms with Crippen LogP contribution in [-0.4, -0.2) is 10.7 Å². The highest BCUT2D eigenvalue weighted by atomic mass is 16.3. The molecule has 54 valence electrons. The summed E-state index contributed by atoms with van der Waals surface area (Å²) in [4.78, 5) is 0. The smallest absolute Gasteiger partial charge is 0.0647 e. The Kier molecular flexibility index (Phi) is 1.55. The van der Waals surface area contributed by atoms with E-state index in [1.54, 1.807) is 0 Å². The van der Waals surface area contributed by atoms with Crippen molar-refractivity contribution in [2.45, 2.75) is 39.2 Å². The van der Waals surface area contributed by atoms with Crippen LogP contribution in [0.4, 0.5) is 0 Å². The summed E-state index contributed by atoms with van der Waals surface area (Å²) in [5, 5.41) is 9.63. The highest BCUT2D eigenvalue weighted by molar-refractivity contribution is 4.95. The molecule has 3 unspecified atom stereocenters. The van der Waals surface area contributed by atoms with Crippen molar-refractivity contribution in [2.75, 3.05) is 0 Å². The minimum Gasteiger partial charge on any atom is -0.390 e. The van der Waals surface area contributed by atoms with Crippen LogP contribution in [-0.2, 0) is 0 Å². The molecule has 0 aromatic rings. The number of hydrogen-bond donors (Lipinski definition) is 1. The molecule has 0 amide bonds. The maximum Gasteiger partial charge on any atom is 0.0647 e. The summed E-state index contributed by atoms with van der Waals surface area (Å²) in [6, 6.07) is 0. The fourth-order valence-corrected chi connectivity index (χ4v) is 1.45. The molecule has 1 nitrogen and oxygen atoms in total. The Morgan fingerprint density at radius 3 is 2.22 bits per heavy atom. The van der Waals surface area contributed by atoms with Gasteiger partial charge in [-0.2, -0.15) is 0 Å². The molecule has 1 heteroatoms. The van der Waals surface area contributed by atoms with E-state index >= 15 is 0 Å². The molecule has 1 aliphatic rings. The van der Waals surface area contributed by atoms with Gasteiger partial charge in [-0.15, -0.1) is 0 Å². The Hall–Kier alpha value is -0.0400. The largest absolute Gasteiger partial charge is 0.390 e. The Labute approximate surface area is 57.1 Å². The number of hydrogen-bond acceptors (Lipinski definition) is 1. The van der Waals surface area contributed by atoms with Crippen LogP contribution in [0.15, 0.2) is 0 Å². The zero-order valence-corrected chi connectivity index (χ0v) is 6.52. The molecular weight excluding hydrogens is 112 g/mol. The Morgan fingerprint density at radius 2 is 2.11 bits per heavy atom. The summed E-state index contributed by atoms with van der Waals surface area (Å²) >= 11 is 0. The summed E-state index contributed by atoms with van der Waals surface area (Å²) in [5.74, 6) is 1.35. The lowest BCUT2D eigenvalue weighted by Crippen LogP contribution is -2.26. The molecule has 1 saturated carbocycles. The second kappa shape index (κ2) is 1.98. The monoisotopic (exact) mass is 128 g/mol. The van der Waals surface area contributed by atoms with Crippen LogP contribution in [0, 0.1) is 11.8 Å². The topological polar surface area (TPSA) is 20.2 Å². The van der Waals surface area contributed by atoms with E-state index in [2.05, 4.69) is 6.92 Å². The van der Waals surface area contributed by atoms with Gasteiger partial charge in [0.05, 0.1) is 5.60 Å². The van der Waals surface area contributed by atoms with E-state index in [1.807, 2.05) is 13.8 Å². The summed E-state index contributed by atoms with van der Waals surface area (Å²) in [5.41, 5.74) is -0.376. The van der Waals surface area contributed by atoms with E-state index in [0.29, 0.717) is 5.92 Å². The maximum atomic E-state index is 9.63. The second-order valence-electron chi connectivity index (χ2n) is 3.53. The van der Waals surface area contributed by atoms with Gasteiger partial charge in [0.2, 0.25) is 0 Å². The molecule has 1 fully saturated rings. The van der Waals surface area contributed by atoms with Gasteiger partial charge in [-0.05, 0) is 31.6 Å². The zero-order chi connectivity index (χ0) is 7.07. The van der Waals surface area contributed by atoms with E-state index in [-0.39, 0.29) is 5.60 Å². The van der Waals surface area contributed by atoms with Gasteiger partial charge in [-0.3, -0.25) is 0 Å². The third-order valence-electron chi connectivity index (χ3n) is 2.62. The first-order valence-electron chi connectivity index (χ1n) is 3.80. The molecule has 1 aliphatic carbocycles. The maximum absolute atomic E-state index is 9.63. The lowest BCUT2D eigenvalue weighted by atomic mass is 9.96. The number of rotatable bonds is 2. The van der Waals surface area contributed by atoms with Gasteiger partial charge in [-0.1, -0.05) is 13.8 Å². The van der Waals surface area contributed by atoms with Crippen LogP contribution >= 0.6 is 0 Å². The summed E-state index contributed by atoms with van der Waals surface area (Å²) < 4.78 is 0. The molecule has 0 aromatic heterocycles. The van der Waals surface area contributed by atoms with Crippen LogP contribution in [0.5, 0.6) is 0 Å². The average molecular weight is 128 g/mol. The van der Waals surface area contributed by atoms with Crippen molar-refractivity contribution in [3.8, 4) is 0 Å². The van der Waals surface area contributed by atoms with Gasteiger partial charge in [0.25, 0.3) is 0 Å². The third-order valence-corrected chi connectivity index (χ3v) is 2.62. The van der Waals surface area contributed by atoms with Crippen molar-refractivity contribution in [1.82, 2.24) is 0 Å². The molecule has 1 rings (SSSR count). The summed E-state index contributed by atoms with van der Waals surface area (Å²) in [6.07, 6.45) is 2.11. The predicted molar refractivity (Wildman–Crippen MR) is 38.2 cm³/mol. The Morgan fingerprint density at radius 1 is 1.67 bits per heavy atom. The Balaban J connectivity index is 2.41. The highest BCUT2D eigenvalue weighted by Gasteiger charge is 2.45. The van der Waals surface area contributed by atoms with Crippen LogP contribution in [0.25, 0.3) is 0 Å². The van der Waals surface area contributed by atoms with Crippen molar-refractivity contribution in [2.24, 2.45) is 11.8 Å². The van der Waals surface area contributed by atoms with E-state index in [1.165, 1.54) is 6.42 Å². The number of aliphatic hydroxyl groups is 1. The minimum atomic E-state index is -0.376. The SMILES string of the molecule is CCC(C)(O)C1CC1C. The average Bonchev–Trinajstić information content (AvgIpc) is 2.47. The molecule has 0 saturated heterocycles. The van der Waals surface area contributed by atoms with Crippen molar-refractivity contribution >= 4 is 0 Å². The van der Waals surface area contributed by atoms with Gasteiger partial charge in [0, 0.05) is 0 Å². The van der Waals surface area contributed by atoms with Crippen molar-refractivity contribution < 1.29 is 5.11 Å². The molecule has 1 N–H and O–H groups in total. The molecule has 0 bridgehead atoms. The van der Waals surface area contributed by atoms with E-state index in [0.717, 1.165) is 12.3 Å². The van der Waals surface area contributed by atoms with Gasteiger partial charge in [0.15, 0.2) is 0 Å². The summed E-state index contributed by atoms with van der Waals surface area (Å²) in [6.45, 7) is 6.20. The first-order chi connectivity index (χ1) is 4.08. The van der Waals surface area contributed by atoms with E-state index in [4.69, 9.17) is 0 Å². The zero-order valence-electron chi connectivity index (χ0n) is 6.52. The predicted octanol–water partition coefficient (Wildman–Crippen LogP) is 1.80. The fraction of sp³-hybridized carbons (Fsp3) is 1.00. The van der Waals surface area contributed by atoms with Gasteiger partial charge in [0.1, 0.15) is 0 Å². The van der Waals surface area contributed by atoms with Crippen molar-refractivity contribution in [3.05, 3.63) is 0 Å². The van der Waals surface area contributed by atoms with E-state index < -0.39 is 0 Å². The van der Waals surface area contributed by atoms with Crippen LogP contribution in [0.1, 0.15) is 33.6 Å². The first-order valence-corrected chi connectivity index (χ1v) is 3.80. The van der Waals surface area contributed by atoms with Crippen LogP contribution in [0.3, 0.4) is 0 Å². The molecule has 9 heavy (non-hydrogen) atoms. The fourth-order valence-electron chi connectivity index (χ4n) is 1.45. The lowest BCUT2D eigenvalue weighted by Gasteiger charge is -2.20. The lowest BCUT2D eigenvalue weighted by molar-refractivity contribution is 0.0284. The van der Waals surface area contributed by atoms with Gasteiger partial charge in [-0.25, -0.2) is 0 Å². The molecule has 0 aromatic carbocycles. The van der Waals surface area contributed by atoms with Crippen LogP contribution in [0.2, 0.25) is 0 Å². The normalized spacial score (nSPS) is 40.0. The minimum absolute atomic E-state index is 0.376. The van der Waals surface area contributed by atoms with Crippen molar-refractivity contribution in [1.29, 1.82) is 0 Å². The summed E-state index contributed by atoms with van der Waals surface area (Å²) in [7, 11) is 0.